The first-order valence-electron chi connectivity index (χ1n) is 11.2. The van der Waals surface area contributed by atoms with Gasteiger partial charge in [0.05, 0.1) is 0 Å². The van der Waals surface area contributed by atoms with Crippen LogP contribution in [-0.2, 0) is 4.79 Å². The molecule has 0 saturated heterocycles. The van der Waals surface area contributed by atoms with Gasteiger partial charge in [0, 0.05) is 17.8 Å². The number of carbonyl (C=O) groups excluding carboxylic acids is 1. The standard InChI is InChI=1S/C28H32O/c1-3-4-5-8-17-24-20-25-26(29)18-19-28(25,21(2)22-13-9-6-10-14-22)27(24)23-15-11-7-12-16-23/h6-7,9-16,25H,2-5,8,17-20H2,1H3. The summed E-state index contributed by atoms with van der Waals surface area (Å²) in [5.41, 5.74) is 6.28. The number of hydrogen-bond acceptors (Lipinski definition) is 1. The normalized spacial score (nSPS) is 23.5. The molecule has 2 aliphatic carbocycles. The van der Waals surface area contributed by atoms with E-state index in [1.807, 2.05) is 6.07 Å². The highest BCUT2D eigenvalue weighted by Gasteiger charge is 2.56. The summed E-state index contributed by atoms with van der Waals surface area (Å²) in [6.45, 7) is 6.86. The van der Waals surface area contributed by atoms with E-state index < -0.39 is 0 Å². The summed E-state index contributed by atoms with van der Waals surface area (Å²) in [6, 6.07) is 21.3. The third-order valence-electron chi connectivity index (χ3n) is 7.05. The first-order chi connectivity index (χ1) is 14.2. The van der Waals surface area contributed by atoms with Gasteiger partial charge in [-0.15, -0.1) is 0 Å². The van der Waals surface area contributed by atoms with Crippen molar-refractivity contribution in [3.05, 3.63) is 83.9 Å². The predicted octanol–water partition coefficient (Wildman–Crippen LogP) is 7.49. The Balaban J connectivity index is 1.81. The molecule has 29 heavy (non-hydrogen) atoms. The van der Waals surface area contributed by atoms with Crippen molar-refractivity contribution in [1.82, 2.24) is 0 Å². The zero-order valence-electron chi connectivity index (χ0n) is 17.6. The minimum Gasteiger partial charge on any atom is -0.299 e. The van der Waals surface area contributed by atoms with Crippen LogP contribution in [0.2, 0.25) is 0 Å². The number of allylic oxidation sites excluding steroid dienone is 3. The number of fused-ring (bicyclic) bond motifs is 1. The van der Waals surface area contributed by atoms with Crippen molar-refractivity contribution >= 4 is 16.9 Å². The molecule has 0 amide bonds. The average molecular weight is 385 g/mol. The quantitative estimate of drug-likeness (QED) is 0.431. The molecule has 1 saturated carbocycles. The molecule has 4 rings (SSSR count). The molecule has 0 radical (unpaired) electrons. The summed E-state index contributed by atoms with van der Waals surface area (Å²) < 4.78 is 0. The van der Waals surface area contributed by atoms with E-state index in [0.717, 1.165) is 24.8 Å². The summed E-state index contributed by atoms with van der Waals surface area (Å²) in [5, 5.41) is 0. The minimum absolute atomic E-state index is 0.0617. The SMILES string of the molecule is C=C(c1ccccc1)C12CCC(=O)C1CC(CCCCCC)=C2c1ccccc1. The molecule has 0 N–H and O–H groups in total. The van der Waals surface area contributed by atoms with Crippen LogP contribution < -0.4 is 0 Å². The zero-order valence-corrected chi connectivity index (χ0v) is 17.6. The maximum absolute atomic E-state index is 13.0. The predicted molar refractivity (Wildman–Crippen MR) is 122 cm³/mol. The van der Waals surface area contributed by atoms with Crippen LogP contribution in [0.4, 0.5) is 0 Å². The fourth-order valence-electron chi connectivity index (χ4n) is 5.66. The van der Waals surface area contributed by atoms with Gasteiger partial charge in [-0.2, -0.15) is 0 Å². The van der Waals surface area contributed by atoms with Gasteiger partial charge in [-0.05, 0) is 48.0 Å². The lowest BCUT2D eigenvalue weighted by atomic mass is 9.66. The Morgan fingerprint density at radius 1 is 1.00 bits per heavy atom. The summed E-state index contributed by atoms with van der Waals surface area (Å²) in [6.07, 6.45) is 8.63. The van der Waals surface area contributed by atoms with Crippen molar-refractivity contribution in [1.29, 1.82) is 0 Å². The molecule has 1 fully saturated rings. The Labute approximate surface area is 175 Å². The van der Waals surface area contributed by atoms with Crippen LogP contribution in [0.1, 0.15) is 69.4 Å². The molecule has 2 unspecified atom stereocenters. The highest BCUT2D eigenvalue weighted by Crippen LogP contribution is 2.65. The Kier molecular flexibility index (Phi) is 5.85. The van der Waals surface area contributed by atoms with E-state index in [4.69, 9.17) is 0 Å². The van der Waals surface area contributed by atoms with Crippen molar-refractivity contribution < 1.29 is 4.79 Å². The summed E-state index contributed by atoms with van der Waals surface area (Å²) in [7, 11) is 0. The Morgan fingerprint density at radius 2 is 1.69 bits per heavy atom. The number of benzene rings is 2. The van der Waals surface area contributed by atoms with Crippen LogP contribution in [0.5, 0.6) is 0 Å². The fraction of sp³-hybridized carbons (Fsp3) is 0.393. The van der Waals surface area contributed by atoms with Crippen molar-refractivity contribution in [3.8, 4) is 0 Å². The average Bonchev–Trinajstić information content (AvgIpc) is 3.27. The second-order valence-electron chi connectivity index (χ2n) is 8.69. The van der Waals surface area contributed by atoms with Gasteiger partial charge >= 0.3 is 0 Å². The van der Waals surface area contributed by atoms with E-state index in [0.29, 0.717) is 12.2 Å². The fourth-order valence-corrected chi connectivity index (χ4v) is 5.66. The van der Waals surface area contributed by atoms with E-state index in [-0.39, 0.29) is 11.3 Å². The van der Waals surface area contributed by atoms with Crippen molar-refractivity contribution in [3.63, 3.8) is 0 Å². The van der Waals surface area contributed by atoms with E-state index in [1.54, 1.807) is 0 Å². The maximum atomic E-state index is 13.0. The smallest absolute Gasteiger partial charge is 0.137 e. The molecule has 2 aromatic rings. The topological polar surface area (TPSA) is 17.1 Å². The number of unbranched alkanes of at least 4 members (excludes halogenated alkanes) is 3. The first kappa shape index (κ1) is 19.9. The molecule has 150 valence electrons. The van der Waals surface area contributed by atoms with E-state index in [9.17, 15) is 4.79 Å². The second-order valence-corrected chi connectivity index (χ2v) is 8.69. The van der Waals surface area contributed by atoms with Crippen molar-refractivity contribution in [2.24, 2.45) is 11.3 Å². The number of hydrogen-bond donors (Lipinski definition) is 0. The summed E-state index contributed by atoms with van der Waals surface area (Å²) >= 11 is 0. The summed E-state index contributed by atoms with van der Waals surface area (Å²) in [5.74, 6) is 0.491. The molecule has 0 heterocycles. The Bertz CT molecular complexity index is 906. The highest BCUT2D eigenvalue weighted by molar-refractivity contribution is 6.00. The van der Waals surface area contributed by atoms with Crippen LogP contribution in [-0.4, -0.2) is 5.78 Å². The molecule has 2 atom stereocenters. The molecular formula is C28H32O. The van der Waals surface area contributed by atoms with Crippen LogP contribution >= 0.6 is 0 Å². The van der Waals surface area contributed by atoms with Crippen LogP contribution in [0.15, 0.2) is 72.8 Å². The maximum Gasteiger partial charge on any atom is 0.137 e. The largest absolute Gasteiger partial charge is 0.299 e. The van der Waals surface area contributed by atoms with Crippen LogP contribution in [0.3, 0.4) is 0 Å². The van der Waals surface area contributed by atoms with Gasteiger partial charge in [-0.3, -0.25) is 4.79 Å². The molecule has 1 heteroatoms. The lowest BCUT2D eigenvalue weighted by Crippen LogP contribution is -2.27. The summed E-state index contributed by atoms with van der Waals surface area (Å²) in [4.78, 5) is 13.0. The van der Waals surface area contributed by atoms with Gasteiger partial charge in [0.25, 0.3) is 0 Å². The van der Waals surface area contributed by atoms with Gasteiger partial charge in [-0.1, -0.05) is 99.0 Å². The van der Waals surface area contributed by atoms with Crippen molar-refractivity contribution in [2.75, 3.05) is 0 Å². The third kappa shape index (κ3) is 3.52. The zero-order chi connectivity index (χ0) is 20.3. The Morgan fingerprint density at radius 3 is 2.38 bits per heavy atom. The van der Waals surface area contributed by atoms with E-state index in [2.05, 4.69) is 68.1 Å². The minimum atomic E-state index is -0.236. The molecule has 2 aliphatic rings. The lowest BCUT2D eigenvalue weighted by molar-refractivity contribution is -0.121. The monoisotopic (exact) mass is 384 g/mol. The molecule has 0 aliphatic heterocycles. The highest BCUT2D eigenvalue weighted by atomic mass is 16.1. The van der Waals surface area contributed by atoms with Gasteiger partial charge in [0.1, 0.15) is 5.78 Å². The van der Waals surface area contributed by atoms with E-state index >= 15 is 0 Å². The number of rotatable bonds is 8. The Hall–Kier alpha value is -2.41. The van der Waals surface area contributed by atoms with Crippen LogP contribution in [0.25, 0.3) is 11.1 Å². The molecule has 0 aromatic heterocycles. The van der Waals surface area contributed by atoms with Crippen LogP contribution in [0, 0.1) is 11.3 Å². The lowest BCUT2D eigenvalue weighted by Gasteiger charge is -2.35. The van der Waals surface area contributed by atoms with Gasteiger partial charge in [-0.25, -0.2) is 0 Å². The third-order valence-corrected chi connectivity index (χ3v) is 7.05. The molecule has 0 spiro atoms. The molecule has 1 nitrogen and oxygen atoms in total. The molecule has 0 bridgehead atoms. The second kappa shape index (κ2) is 8.53. The number of ketones is 1. The molecule has 2 aromatic carbocycles. The first-order valence-corrected chi connectivity index (χ1v) is 11.2. The van der Waals surface area contributed by atoms with E-state index in [1.165, 1.54) is 48.0 Å². The van der Waals surface area contributed by atoms with Crippen molar-refractivity contribution in [2.45, 2.75) is 58.3 Å². The molecular weight excluding hydrogens is 352 g/mol. The van der Waals surface area contributed by atoms with Gasteiger partial charge < -0.3 is 0 Å². The van der Waals surface area contributed by atoms with Gasteiger partial charge in [0.2, 0.25) is 0 Å². The van der Waals surface area contributed by atoms with Gasteiger partial charge in [0.15, 0.2) is 0 Å². The number of Topliss-reactive ketones (excluding diaryl/α,β-unsaturated/α-hetero) is 1. The number of carbonyl (C=O) groups is 1.